The first-order chi connectivity index (χ1) is 12.1. The van der Waals surface area contributed by atoms with Crippen molar-refractivity contribution in [1.29, 1.82) is 0 Å². The predicted molar refractivity (Wildman–Crippen MR) is 119 cm³/mol. The third kappa shape index (κ3) is 7.48. The predicted octanol–water partition coefficient (Wildman–Crippen LogP) is 4.05. The lowest BCUT2D eigenvalue weighted by Gasteiger charge is -2.25. The van der Waals surface area contributed by atoms with E-state index in [0.717, 1.165) is 45.1 Å². The minimum absolute atomic E-state index is 0. The van der Waals surface area contributed by atoms with Crippen molar-refractivity contribution in [3.63, 3.8) is 0 Å². The fourth-order valence-corrected chi connectivity index (χ4v) is 3.01. The molecular weight excluding hydrogens is 465 g/mol. The molecule has 26 heavy (non-hydrogen) atoms. The van der Waals surface area contributed by atoms with Crippen LogP contribution in [0.3, 0.4) is 0 Å². The van der Waals surface area contributed by atoms with E-state index in [9.17, 15) is 0 Å². The largest absolute Gasteiger partial charge is 0.487 e. The molecule has 0 aromatic heterocycles. The number of guanidine groups is 1. The van der Waals surface area contributed by atoms with Gasteiger partial charge in [0.15, 0.2) is 5.96 Å². The van der Waals surface area contributed by atoms with Gasteiger partial charge in [0.1, 0.15) is 11.9 Å². The van der Waals surface area contributed by atoms with Crippen LogP contribution < -0.4 is 10.1 Å². The van der Waals surface area contributed by atoms with Gasteiger partial charge in [0.25, 0.3) is 0 Å². The lowest BCUT2D eigenvalue weighted by Crippen LogP contribution is -2.42. The van der Waals surface area contributed by atoms with Crippen LogP contribution in [0, 0.1) is 5.92 Å². The number of rotatable bonds is 8. The van der Waals surface area contributed by atoms with Gasteiger partial charge in [-0.2, -0.15) is 0 Å². The van der Waals surface area contributed by atoms with E-state index in [1.807, 2.05) is 24.3 Å². The van der Waals surface area contributed by atoms with Gasteiger partial charge in [-0.25, -0.2) is 4.99 Å². The number of benzene rings is 1. The van der Waals surface area contributed by atoms with Crippen LogP contribution in [0.15, 0.2) is 29.3 Å². The molecule has 5 nitrogen and oxygen atoms in total. The zero-order valence-electron chi connectivity index (χ0n) is 15.9. The number of aliphatic imine (C=N–C) groups is 1. The molecule has 2 atom stereocenters. The van der Waals surface area contributed by atoms with Gasteiger partial charge in [-0.1, -0.05) is 30.7 Å². The molecule has 1 aromatic carbocycles. The second-order valence-electron chi connectivity index (χ2n) is 6.38. The average Bonchev–Trinajstić information content (AvgIpc) is 3.11. The molecule has 0 spiro atoms. The third-order valence-corrected chi connectivity index (χ3v) is 4.60. The maximum absolute atomic E-state index is 6.19. The van der Waals surface area contributed by atoms with E-state index >= 15 is 0 Å². The summed E-state index contributed by atoms with van der Waals surface area (Å²) in [6.07, 6.45) is 1.99. The van der Waals surface area contributed by atoms with E-state index in [-0.39, 0.29) is 30.1 Å². The number of ether oxygens (including phenoxy) is 2. The molecule has 1 N–H and O–H groups in total. The summed E-state index contributed by atoms with van der Waals surface area (Å²) in [5.74, 6) is 2.21. The Morgan fingerprint density at radius 1 is 1.42 bits per heavy atom. The molecule has 0 bridgehead atoms. The molecule has 0 aliphatic carbocycles. The second-order valence-corrected chi connectivity index (χ2v) is 6.79. The van der Waals surface area contributed by atoms with Crippen molar-refractivity contribution in [2.75, 3.05) is 39.9 Å². The number of halogens is 2. The molecule has 0 saturated carbocycles. The van der Waals surface area contributed by atoms with Crippen molar-refractivity contribution < 1.29 is 9.47 Å². The van der Waals surface area contributed by atoms with Gasteiger partial charge in [-0.3, -0.25) is 0 Å². The molecule has 1 heterocycles. The first kappa shape index (κ1) is 23.3. The van der Waals surface area contributed by atoms with Gasteiger partial charge in [-0.05, 0) is 31.9 Å². The number of para-hydroxylation sites is 1. The Morgan fingerprint density at radius 2 is 2.19 bits per heavy atom. The summed E-state index contributed by atoms with van der Waals surface area (Å²) >= 11 is 6.19. The lowest BCUT2D eigenvalue weighted by atomic mass is 10.1. The van der Waals surface area contributed by atoms with Crippen LogP contribution in [-0.4, -0.2) is 56.9 Å². The number of hydrogen-bond donors (Lipinski definition) is 1. The zero-order chi connectivity index (χ0) is 18.1. The highest BCUT2D eigenvalue weighted by molar-refractivity contribution is 14.0. The Balaban J connectivity index is 0.00000338. The van der Waals surface area contributed by atoms with Crippen LogP contribution >= 0.6 is 35.6 Å². The van der Waals surface area contributed by atoms with Crippen molar-refractivity contribution >= 4 is 41.5 Å². The molecular formula is C19H31ClIN3O2. The first-order valence-corrected chi connectivity index (χ1v) is 9.50. The minimum Gasteiger partial charge on any atom is -0.487 e. The van der Waals surface area contributed by atoms with Crippen LogP contribution in [0.4, 0.5) is 0 Å². The molecule has 1 fully saturated rings. The van der Waals surface area contributed by atoms with Crippen LogP contribution in [0.2, 0.25) is 5.02 Å². The summed E-state index contributed by atoms with van der Waals surface area (Å²) in [4.78, 5) is 6.96. The monoisotopic (exact) mass is 495 g/mol. The summed E-state index contributed by atoms with van der Waals surface area (Å²) in [5.41, 5.74) is 0. The van der Waals surface area contributed by atoms with E-state index in [1.165, 1.54) is 0 Å². The van der Waals surface area contributed by atoms with Crippen molar-refractivity contribution in [3.05, 3.63) is 29.3 Å². The fourth-order valence-electron chi connectivity index (χ4n) is 2.83. The lowest BCUT2D eigenvalue weighted by molar-refractivity contribution is 0.181. The van der Waals surface area contributed by atoms with E-state index in [1.54, 1.807) is 0 Å². The van der Waals surface area contributed by atoms with Gasteiger partial charge >= 0.3 is 0 Å². The van der Waals surface area contributed by atoms with Crippen molar-refractivity contribution in [2.45, 2.75) is 32.8 Å². The maximum atomic E-state index is 6.19. The van der Waals surface area contributed by atoms with Crippen molar-refractivity contribution in [3.8, 4) is 5.75 Å². The summed E-state index contributed by atoms with van der Waals surface area (Å²) in [7, 11) is 2.08. The molecule has 0 amide bonds. The molecule has 1 aliphatic rings. The summed E-state index contributed by atoms with van der Waals surface area (Å²) in [5, 5.41) is 4.00. The Hall–Kier alpha value is -0.730. The molecule has 1 aliphatic heterocycles. The van der Waals surface area contributed by atoms with E-state index in [4.69, 9.17) is 26.1 Å². The highest BCUT2D eigenvalue weighted by Gasteiger charge is 2.19. The highest BCUT2D eigenvalue weighted by Crippen LogP contribution is 2.24. The molecule has 2 rings (SSSR count). The van der Waals surface area contributed by atoms with E-state index in [0.29, 0.717) is 23.2 Å². The Morgan fingerprint density at radius 3 is 2.81 bits per heavy atom. The smallest absolute Gasteiger partial charge is 0.193 e. The average molecular weight is 496 g/mol. The second kappa shape index (κ2) is 12.6. The van der Waals surface area contributed by atoms with Gasteiger partial charge in [0.2, 0.25) is 0 Å². The standard InChI is InChI=1S/C19H30ClN3O2.HI/c1-4-16(25-18-9-7-6-8-17(18)20)12-22-19(21-5-2)23(3)13-15-10-11-24-14-15;/h6-9,15-16H,4-5,10-14H2,1-3H3,(H,21,22);1H. The van der Waals surface area contributed by atoms with Gasteiger partial charge < -0.3 is 19.7 Å². The minimum atomic E-state index is -0.00299. The highest BCUT2D eigenvalue weighted by atomic mass is 127. The fraction of sp³-hybridized carbons (Fsp3) is 0.632. The summed E-state index contributed by atoms with van der Waals surface area (Å²) in [6, 6.07) is 7.57. The maximum Gasteiger partial charge on any atom is 0.193 e. The number of hydrogen-bond acceptors (Lipinski definition) is 3. The van der Waals surface area contributed by atoms with Gasteiger partial charge in [0.05, 0.1) is 18.2 Å². The number of nitrogens with one attached hydrogen (secondary N) is 1. The van der Waals surface area contributed by atoms with Crippen molar-refractivity contribution in [1.82, 2.24) is 10.2 Å². The van der Waals surface area contributed by atoms with Gasteiger partial charge in [0, 0.05) is 32.7 Å². The van der Waals surface area contributed by atoms with Crippen LogP contribution in [0.25, 0.3) is 0 Å². The number of nitrogens with zero attached hydrogens (tertiary/aromatic N) is 2. The molecule has 1 aromatic rings. The zero-order valence-corrected chi connectivity index (χ0v) is 19.0. The summed E-state index contributed by atoms with van der Waals surface area (Å²) in [6.45, 7) is 8.28. The van der Waals surface area contributed by atoms with E-state index in [2.05, 4.69) is 31.1 Å². The topological polar surface area (TPSA) is 46.1 Å². The van der Waals surface area contributed by atoms with E-state index < -0.39 is 0 Å². The third-order valence-electron chi connectivity index (χ3n) is 4.28. The van der Waals surface area contributed by atoms with Crippen LogP contribution in [0.5, 0.6) is 5.75 Å². The Kier molecular flexibility index (Phi) is 11.3. The summed E-state index contributed by atoms with van der Waals surface area (Å²) < 4.78 is 11.5. The van der Waals surface area contributed by atoms with Crippen LogP contribution in [0.1, 0.15) is 26.7 Å². The molecule has 1 saturated heterocycles. The SMILES string of the molecule is CCNC(=NCC(CC)Oc1ccccc1Cl)N(C)CC1CCOC1.I. The normalized spacial score (nSPS) is 18.2. The molecule has 148 valence electrons. The quantitative estimate of drug-likeness (QED) is 0.336. The Labute approximate surface area is 179 Å². The van der Waals surface area contributed by atoms with Crippen LogP contribution in [-0.2, 0) is 4.74 Å². The van der Waals surface area contributed by atoms with Crippen molar-refractivity contribution in [2.24, 2.45) is 10.9 Å². The Bertz CT molecular complexity index is 553. The molecule has 7 heteroatoms. The first-order valence-electron chi connectivity index (χ1n) is 9.12. The van der Waals surface area contributed by atoms with Gasteiger partial charge in [-0.15, -0.1) is 24.0 Å². The molecule has 2 unspecified atom stereocenters. The molecule has 0 radical (unpaired) electrons.